The van der Waals surface area contributed by atoms with Crippen molar-refractivity contribution in [1.82, 2.24) is 19.7 Å². The predicted molar refractivity (Wildman–Crippen MR) is 92.3 cm³/mol. The topological polar surface area (TPSA) is 86.1 Å². The Labute approximate surface area is 150 Å². The molecule has 1 saturated heterocycles. The van der Waals surface area contributed by atoms with Gasteiger partial charge in [-0.05, 0) is 26.2 Å². The molecule has 0 unspecified atom stereocenters. The zero-order chi connectivity index (χ0) is 17.7. The highest BCUT2D eigenvalue weighted by molar-refractivity contribution is 5.61. The number of aryl methyl sites for hydroxylation is 1. The van der Waals surface area contributed by atoms with Crippen molar-refractivity contribution in [2.75, 3.05) is 30.5 Å². The maximum absolute atomic E-state index is 14.2. The van der Waals surface area contributed by atoms with Crippen LogP contribution in [-0.2, 0) is 4.74 Å². The molecular weight excluding hydrogens is 339 g/mol. The summed E-state index contributed by atoms with van der Waals surface area (Å²) < 4.78 is 27.9. The summed E-state index contributed by atoms with van der Waals surface area (Å²) in [6.45, 7) is 3.46. The predicted octanol–water partition coefficient (Wildman–Crippen LogP) is 2.41. The number of hydrogen-bond acceptors (Lipinski definition) is 7. The first-order chi connectivity index (χ1) is 12.7. The van der Waals surface area contributed by atoms with Gasteiger partial charge in [-0.3, -0.25) is 0 Å². The molecule has 0 radical (unpaired) electrons. The first-order valence-electron chi connectivity index (χ1n) is 9.05. The van der Waals surface area contributed by atoms with E-state index in [0.717, 1.165) is 24.4 Å². The molecule has 2 bridgehead atoms. The van der Waals surface area contributed by atoms with Crippen LogP contribution in [0.3, 0.4) is 0 Å². The van der Waals surface area contributed by atoms with Crippen molar-refractivity contribution in [3.8, 4) is 5.75 Å². The van der Waals surface area contributed by atoms with Gasteiger partial charge in [-0.25, -0.2) is 14.1 Å². The molecule has 2 atom stereocenters. The van der Waals surface area contributed by atoms with E-state index in [2.05, 4.69) is 25.7 Å². The average molecular weight is 360 g/mol. The Morgan fingerprint density at radius 3 is 2.96 bits per heavy atom. The lowest BCUT2D eigenvalue weighted by Gasteiger charge is -2.27. The Hall–Kier alpha value is -2.42. The largest absolute Gasteiger partial charge is 0.487 e. The number of halogens is 1. The number of nitrogens with one attached hydrogen (secondary N) is 2. The summed E-state index contributed by atoms with van der Waals surface area (Å²) in [4.78, 5) is 8.41. The van der Waals surface area contributed by atoms with Crippen LogP contribution in [0.5, 0.6) is 5.75 Å². The van der Waals surface area contributed by atoms with E-state index in [1.54, 1.807) is 0 Å². The molecule has 2 fully saturated rings. The highest BCUT2D eigenvalue weighted by atomic mass is 19.1. The van der Waals surface area contributed by atoms with E-state index in [9.17, 15) is 4.39 Å². The van der Waals surface area contributed by atoms with Crippen LogP contribution in [-0.4, -0.2) is 45.6 Å². The van der Waals surface area contributed by atoms with Crippen molar-refractivity contribution < 1.29 is 13.9 Å². The van der Waals surface area contributed by atoms with Crippen LogP contribution < -0.4 is 15.4 Å². The molecule has 1 aliphatic carbocycles. The third kappa shape index (κ3) is 2.57. The van der Waals surface area contributed by atoms with Crippen LogP contribution in [0, 0.1) is 18.7 Å². The summed E-state index contributed by atoms with van der Waals surface area (Å²) in [5.41, 5.74) is 0.824. The summed E-state index contributed by atoms with van der Waals surface area (Å²) in [6, 6.07) is 0.287. The normalized spacial score (nSPS) is 25.0. The zero-order valence-electron chi connectivity index (χ0n) is 14.5. The van der Waals surface area contributed by atoms with Crippen molar-refractivity contribution in [3.63, 3.8) is 0 Å². The molecule has 2 N–H and O–H groups in total. The van der Waals surface area contributed by atoms with Crippen LogP contribution in [0.15, 0.2) is 6.20 Å². The van der Waals surface area contributed by atoms with E-state index in [1.807, 2.05) is 11.6 Å². The van der Waals surface area contributed by atoms with Crippen LogP contribution in [0.25, 0.3) is 0 Å². The standard InChI is InChI=1S/C17H21FN6O2/c1-9-14-16(24(23-9)11-3-2-4-11)22-17-19-5-12(18)15(21-17)20-13-8-25-6-10(13)7-26-14/h5,10-11,13H,2-4,6-8H2,1H3,(H2,19,20,21,22)/t10-,13+/m0/s1. The number of aromatic nitrogens is 4. The van der Waals surface area contributed by atoms with Crippen molar-refractivity contribution in [2.45, 2.75) is 38.3 Å². The van der Waals surface area contributed by atoms with Gasteiger partial charge in [0, 0.05) is 5.92 Å². The van der Waals surface area contributed by atoms with E-state index in [0.29, 0.717) is 37.6 Å². The fourth-order valence-electron chi connectivity index (χ4n) is 3.64. The molecule has 2 aromatic heterocycles. The van der Waals surface area contributed by atoms with Crippen molar-refractivity contribution in [1.29, 1.82) is 0 Å². The highest BCUT2D eigenvalue weighted by Crippen LogP contribution is 2.40. The van der Waals surface area contributed by atoms with Crippen LogP contribution in [0.4, 0.5) is 22.0 Å². The molecule has 2 aromatic rings. The van der Waals surface area contributed by atoms with Gasteiger partial charge >= 0.3 is 0 Å². The second-order valence-corrected chi connectivity index (χ2v) is 7.17. The summed E-state index contributed by atoms with van der Waals surface area (Å²) in [5.74, 6) is 1.56. The number of ether oxygens (including phenoxy) is 2. The Morgan fingerprint density at radius 1 is 1.27 bits per heavy atom. The summed E-state index contributed by atoms with van der Waals surface area (Å²) >= 11 is 0. The maximum atomic E-state index is 14.2. The molecule has 1 saturated carbocycles. The summed E-state index contributed by atoms with van der Waals surface area (Å²) in [6.07, 6.45) is 4.55. The van der Waals surface area contributed by atoms with Crippen molar-refractivity contribution in [3.05, 3.63) is 17.7 Å². The van der Waals surface area contributed by atoms with Gasteiger partial charge in [0.1, 0.15) is 5.69 Å². The molecular formula is C17H21FN6O2. The van der Waals surface area contributed by atoms with Gasteiger partial charge in [-0.2, -0.15) is 10.1 Å². The number of fused-ring (bicyclic) bond motifs is 4. The lowest BCUT2D eigenvalue weighted by molar-refractivity contribution is 0.167. The van der Waals surface area contributed by atoms with Crippen molar-refractivity contribution in [2.24, 2.45) is 5.92 Å². The van der Waals surface area contributed by atoms with Gasteiger partial charge in [-0.15, -0.1) is 0 Å². The second-order valence-electron chi connectivity index (χ2n) is 7.17. The quantitative estimate of drug-likeness (QED) is 0.808. The molecule has 138 valence electrons. The third-order valence-corrected chi connectivity index (χ3v) is 5.39. The van der Waals surface area contributed by atoms with Gasteiger partial charge in [-0.1, -0.05) is 0 Å². The van der Waals surface area contributed by atoms with Gasteiger partial charge in [0.25, 0.3) is 0 Å². The highest BCUT2D eigenvalue weighted by Gasteiger charge is 2.33. The smallest absolute Gasteiger partial charge is 0.230 e. The first-order valence-corrected chi connectivity index (χ1v) is 9.05. The lowest BCUT2D eigenvalue weighted by atomic mass is 9.93. The van der Waals surface area contributed by atoms with Crippen LogP contribution >= 0.6 is 0 Å². The minimum absolute atomic E-state index is 0.0595. The second kappa shape index (κ2) is 6.08. The Balaban J connectivity index is 1.60. The molecule has 5 rings (SSSR count). The molecule has 26 heavy (non-hydrogen) atoms. The van der Waals surface area contributed by atoms with Crippen molar-refractivity contribution >= 4 is 17.6 Å². The van der Waals surface area contributed by atoms with Crippen LogP contribution in [0.1, 0.15) is 31.0 Å². The lowest BCUT2D eigenvalue weighted by Crippen LogP contribution is -2.32. The number of nitrogens with zero attached hydrogens (tertiary/aromatic N) is 4. The summed E-state index contributed by atoms with van der Waals surface area (Å²) in [5, 5.41) is 11.0. The fraction of sp³-hybridized carbons (Fsp3) is 0.588. The van der Waals surface area contributed by atoms with E-state index >= 15 is 0 Å². The van der Waals surface area contributed by atoms with E-state index in [1.165, 1.54) is 12.6 Å². The number of hydrogen-bond donors (Lipinski definition) is 2. The first kappa shape index (κ1) is 15.8. The molecule has 8 nitrogen and oxygen atoms in total. The molecule has 3 aliphatic rings. The molecule has 0 spiro atoms. The number of rotatable bonds is 1. The van der Waals surface area contributed by atoms with E-state index in [4.69, 9.17) is 9.47 Å². The molecule has 9 heteroatoms. The summed E-state index contributed by atoms with van der Waals surface area (Å²) in [7, 11) is 0. The van der Waals surface area contributed by atoms with Gasteiger partial charge in [0.2, 0.25) is 5.95 Å². The van der Waals surface area contributed by atoms with E-state index in [-0.39, 0.29) is 17.8 Å². The van der Waals surface area contributed by atoms with Crippen LogP contribution in [0.2, 0.25) is 0 Å². The molecule has 2 aliphatic heterocycles. The Morgan fingerprint density at radius 2 is 2.15 bits per heavy atom. The Kier molecular flexibility index (Phi) is 3.70. The minimum Gasteiger partial charge on any atom is -0.487 e. The van der Waals surface area contributed by atoms with Gasteiger partial charge in [0.05, 0.1) is 38.1 Å². The number of anilines is 3. The van der Waals surface area contributed by atoms with E-state index < -0.39 is 5.82 Å². The molecule has 4 heterocycles. The zero-order valence-corrected chi connectivity index (χ0v) is 14.5. The van der Waals surface area contributed by atoms with Gasteiger partial charge < -0.3 is 20.1 Å². The average Bonchev–Trinajstić information content (AvgIpc) is 3.12. The van der Waals surface area contributed by atoms with Gasteiger partial charge in [0.15, 0.2) is 23.2 Å². The SMILES string of the molecule is Cc1nn(C2CCC2)c2c1OC[C@@H]1COC[C@H]1Nc1nc(ncc1F)N2. The third-order valence-electron chi connectivity index (χ3n) is 5.39. The minimum atomic E-state index is -0.481. The molecule has 0 amide bonds. The molecule has 0 aromatic carbocycles. The monoisotopic (exact) mass is 360 g/mol. The fourth-order valence-corrected chi connectivity index (χ4v) is 3.64. The Bertz CT molecular complexity index is 837. The maximum Gasteiger partial charge on any atom is 0.230 e.